The van der Waals surface area contributed by atoms with E-state index in [4.69, 9.17) is 14.0 Å². The van der Waals surface area contributed by atoms with Gasteiger partial charge in [0.25, 0.3) is 0 Å². The molecule has 1 heterocycles. The van der Waals surface area contributed by atoms with Crippen LogP contribution in [0.2, 0.25) is 0 Å². The molecule has 0 spiro atoms. The van der Waals surface area contributed by atoms with Crippen LogP contribution in [0, 0.1) is 0 Å². The van der Waals surface area contributed by atoms with Gasteiger partial charge in [-0.3, -0.25) is 4.57 Å². The highest BCUT2D eigenvalue weighted by Crippen LogP contribution is 2.47. The molecule has 0 amide bonds. The van der Waals surface area contributed by atoms with Gasteiger partial charge >= 0.3 is 7.60 Å². The number of fused-ring (bicyclic) bond motifs is 1. The van der Waals surface area contributed by atoms with E-state index in [1.54, 1.807) is 32.0 Å². The minimum atomic E-state index is -3.51. The Morgan fingerprint density at radius 3 is 2.31 bits per heavy atom. The third-order valence-electron chi connectivity index (χ3n) is 5.72. The first-order valence-electron chi connectivity index (χ1n) is 12.2. The number of aromatic nitrogens is 1. The lowest BCUT2D eigenvalue weighted by molar-refractivity contribution is 0.230. The van der Waals surface area contributed by atoms with E-state index in [2.05, 4.69) is 17.2 Å². The average Bonchev–Trinajstić information content (AvgIpc) is 3.22. The zero-order valence-corrected chi connectivity index (χ0v) is 21.7. The molecule has 4 rings (SSSR count). The zero-order valence-electron chi connectivity index (χ0n) is 20.8. The molecular formula is C28H32N3O4P. The number of aromatic amines is 1. The van der Waals surface area contributed by atoms with Crippen molar-refractivity contribution >= 4 is 35.2 Å². The monoisotopic (exact) mass is 505 g/mol. The third kappa shape index (κ3) is 5.61. The minimum absolute atomic E-state index is 0.0174. The Kier molecular flexibility index (Phi) is 8.39. The summed E-state index contributed by atoms with van der Waals surface area (Å²) in [5, 5.41) is 15.4. The maximum atomic E-state index is 13.5. The highest BCUT2D eigenvalue weighted by Gasteiger charge is 2.28. The molecule has 3 aromatic carbocycles. The van der Waals surface area contributed by atoms with Crippen LogP contribution in [0.1, 0.15) is 37.5 Å². The fourth-order valence-electron chi connectivity index (χ4n) is 4.05. The Balaban J connectivity index is 1.87. The molecule has 0 aliphatic rings. The molecule has 0 aliphatic carbocycles. The number of benzene rings is 3. The summed E-state index contributed by atoms with van der Waals surface area (Å²) < 4.78 is 24.6. The number of hydrogen-bond acceptors (Lipinski definition) is 6. The van der Waals surface area contributed by atoms with Crippen LogP contribution >= 0.6 is 7.60 Å². The Bertz CT molecular complexity index is 1370. The molecule has 4 aromatic rings. The van der Waals surface area contributed by atoms with Crippen LogP contribution in [-0.4, -0.2) is 35.6 Å². The minimum Gasteiger partial charge on any atom is -0.494 e. The van der Waals surface area contributed by atoms with Crippen LogP contribution in [0.4, 0.5) is 5.69 Å². The van der Waals surface area contributed by atoms with Gasteiger partial charge in [0.15, 0.2) is 5.88 Å². The molecule has 8 heteroatoms. The Morgan fingerprint density at radius 1 is 0.972 bits per heavy atom. The molecule has 7 nitrogen and oxygen atoms in total. The summed E-state index contributed by atoms with van der Waals surface area (Å²) in [6.07, 6.45) is 0. The summed E-state index contributed by atoms with van der Waals surface area (Å²) in [5.74, 6) is -0.0174. The van der Waals surface area contributed by atoms with Crippen molar-refractivity contribution in [1.82, 2.24) is 10.3 Å². The van der Waals surface area contributed by atoms with Gasteiger partial charge in [-0.25, -0.2) is 4.99 Å². The van der Waals surface area contributed by atoms with Crippen LogP contribution in [-0.2, 0) is 20.2 Å². The molecule has 36 heavy (non-hydrogen) atoms. The van der Waals surface area contributed by atoms with Crippen molar-refractivity contribution in [3.05, 3.63) is 89.5 Å². The number of hydrogen-bond donors (Lipinski definition) is 3. The van der Waals surface area contributed by atoms with Gasteiger partial charge < -0.3 is 24.5 Å². The summed E-state index contributed by atoms with van der Waals surface area (Å²) in [7, 11) is -3.51. The van der Waals surface area contributed by atoms with Gasteiger partial charge in [0.05, 0.1) is 35.5 Å². The van der Waals surface area contributed by atoms with Crippen molar-refractivity contribution in [1.29, 1.82) is 0 Å². The van der Waals surface area contributed by atoms with Crippen molar-refractivity contribution in [2.45, 2.75) is 27.3 Å². The fourth-order valence-corrected chi connectivity index (χ4v) is 5.65. The maximum Gasteiger partial charge on any atom is 0.361 e. The molecule has 0 aliphatic heterocycles. The molecule has 0 radical (unpaired) electrons. The van der Waals surface area contributed by atoms with Crippen molar-refractivity contribution in [2.24, 2.45) is 4.99 Å². The predicted molar refractivity (Wildman–Crippen MR) is 146 cm³/mol. The van der Waals surface area contributed by atoms with E-state index in [-0.39, 0.29) is 19.1 Å². The lowest BCUT2D eigenvalue weighted by Crippen LogP contribution is -2.11. The van der Waals surface area contributed by atoms with Gasteiger partial charge in [0, 0.05) is 23.0 Å². The maximum absolute atomic E-state index is 13.5. The molecule has 0 saturated carbocycles. The van der Waals surface area contributed by atoms with Gasteiger partial charge in [-0.2, -0.15) is 0 Å². The second kappa shape index (κ2) is 11.7. The number of aliphatic imine (C=N–C) groups is 1. The Labute approximate surface area is 211 Å². The summed E-state index contributed by atoms with van der Waals surface area (Å²) >= 11 is 0. The van der Waals surface area contributed by atoms with E-state index in [0.717, 1.165) is 24.3 Å². The van der Waals surface area contributed by atoms with Crippen LogP contribution in [0.15, 0.2) is 77.8 Å². The second-order valence-electron chi connectivity index (χ2n) is 8.18. The molecule has 3 N–H and O–H groups in total. The number of nitrogens with one attached hydrogen (secondary N) is 2. The first kappa shape index (κ1) is 25.9. The van der Waals surface area contributed by atoms with Crippen molar-refractivity contribution in [3.63, 3.8) is 0 Å². The summed E-state index contributed by atoms with van der Waals surface area (Å²) in [4.78, 5) is 7.99. The first-order valence-corrected chi connectivity index (χ1v) is 13.7. The van der Waals surface area contributed by atoms with Gasteiger partial charge in [-0.1, -0.05) is 49.4 Å². The average molecular weight is 506 g/mol. The molecule has 1 aromatic heterocycles. The largest absolute Gasteiger partial charge is 0.494 e. The van der Waals surface area contributed by atoms with Crippen LogP contribution < -0.4 is 10.6 Å². The molecule has 0 saturated heterocycles. The van der Waals surface area contributed by atoms with Crippen LogP contribution in [0.5, 0.6) is 5.88 Å². The van der Waals surface area contributed by atoms with Crippen molar-refractivity contribution in [2.75, 3.05) is 19.8 Å². The molecule has 188 valence electrons. The smallest absolute Gasteiger partial charge is 0.361 e. The third-order valence-corrected chi connectivity index (χ3v) is 7.82. The number of nitrogens with zero attached hydrogens (tertiary/aromatic N) is 1. The lowest BCUT2D eigenvalue weighted by Gasteiger charge is -2.17. The van der Waals surface area contributed by atoms with Gasteiger partial charge in [-0.15, -0.1) is 0 Å². The second-order valence-corrected chi connectivity index (χ2v) is 10.2. The number of H-pyrrole nitrogens is 1. The molecule has 0 unspecified atom stereocenters. The molecular weight excluding hydrogens is 473 g/mol. The van der Waals surface area contributed by atoms with Gasteiger partial charge in [0.1, 0.15) is 0 Å². The first-order chi connectivity index (χ1) is 17.5. The lowest BCUT2D eigenvalue weighted by atomic mass is 10.0. The Morgan fingerprint density at radius 2 is 1.67 bits per heavy atom. The van der Waals surface area contributed by atoms with E-state index in [1.165, 1.54) is 5.56 Å². The summed E-state index contributed by atoms with van der Waals surface area (Å²) in [5.41, 5.74) is 4.57. The topological polar surface area (TPSA) is 95.9 Å². The Hall–Kier alpha value is -3.22. The van der Waals surface area contributed by atoms with Crippen molar-refractivity contribution in [3.8, 4) is 5.88 Å². The van der Waals surface area contributed by atoms with Crippen molar-refractivity contribution < 1.29 is 18.7 Å². The molecule has 0 atom stereocenters. The SMILES string of the molecule is CCNCc1ccc(N=C(c2ccccc2)c2c(O)[nH]c3ccc(P(=O)(OCC)OCC)cc23)cc1. The highest BCUT2D eigenvalue weighted by atomic mass is 31.2. The van der Waals surface area contributed by atoms with E-state index < -0.39 is 7.60 Å². The normalized spacial score (nSPS) is 12.4. The summed E-state index contributed by atoms with van der Waals surface area (Å²) in [6.45, 7) is 7.83. The predicted octanol–water partition coefficient (Wildman–Crippen LogP) is 6.04. The van der Waals surface area contributed by atoms with E-state index >= 15 is 0 Å². The fraction of sp³-hybridized carbons (Fsp3) is 0.250. The molecule has 0 fully saturated rings. The standard InChI is InChI=1S/C28H32N3O4P/c1-4-29-19-20-12-14-22(15-13-20)30-27(21-10-8-7-9-11-21)26-24-18-23(16-17-25(24)31-28(26)32)36(33,34-5-2)35-6-3/h7-18,29,31-32H,4-6,19H2,1-3H3. The number of rotatable bonds is 11. The summed E-state index contributed by atoms with van der Waals surface area (Å²) in [6, 6.07) is 22.9. The number of aromatic hydroxyl groups is 1. The van der Waals surface area contributed by atoms with Crippen LogP contribution in [0.25, 0.3) is 10.9 Å². The van der Waals surface area contributed by atoms with E-state index in [0.29, 0.717) is 27.5 Å². The van der Waals surface area contributed by atoms with Gasteiger partial charge in [0.2, 0.25) is 0 Å². The van der Waals surface area contributed by atoms with E-state index in [1.807, 2.05) is 54.6 Å². The van der Waals surface area contributed by atoms with E-state index in [9.17, 15) is 9.67 Å². The quantitative estimate of drug-likeness (QED) is 0.171. The highest BCUT2D eigenvalue weighted by molar-refractivity contribution is 7.62. The zero-order chi connectivity index (χ0) is 25.5. The van der Waals surface area contributed by atoms with Crippen LogP contribution in [0.3, 0.4) is 0 Å². The van der Waals surface area contributed by atoms with Gasteiger partial charge in [-0.05, 0) is 56.3 Å². The molecule has 0 bridgehead atoms.